The van der Waals surface area contributed by atoms with Crippen LogP contribution in [0.25, 0.3) is 0 Å². The molecule has 0 aliphatic carbocycles. The predicted octanol–water partition coefficient (Wildman–Crippen LogP) is 1.20. The zero-order chi connectivity index (χ0) is 10.3. The first-order chi connectivity index (χ1) is 5.95. The quantitative estimate of drug-likeness (QED) is 0.226. The van der Waals surface area contributed by atoms with Gasteiger partial charge in [0.05, 0.1) is 0 Å². The van der Waals surface area contributed by atoms with Gasteiger partial charge in [0, 0.05) is 6.54 Å². The first-order valence-corrected chi connectivity index (χ1v) is 4.41. The molecule has 0 aromatic heterocycles. The molecule has 0 aliphatic heterocycles. The van der Waals surface area contributed by atoms with Crippen molar-refractivity contribution in [2.24, 2.45) is 16.1 Å². The van der Waals surface area contributed by atoms with E-state index in [1.807, 2.05) is 0 Å². The highest BCUT2D eigenvalue weighted by molar-refractivity contribution is 5.79. The van der Waals surface area contributed by atoms with E-state index in [4.69, 9.17) is 11.0 Å². The van der Waals surface area contributed by atoms with Crippen LogP contribution in [0.1, 0.15) is 33.6 Å². The van der Waals surface area contributed by atoms with Crippen molar-refractivity contribution in [3.05, 3.63) is 0 Å². The van der Waals surface area contributed by atoms with Gasteiger partial charge in [-0.1, -0.05) is 20.8 Å². The van der Waals surface area contributed by atoms with E-state index in [-0.39, 0.29) is 5.96 Å². The molecule has 0 radical (unpaired) electrons. The Hall–Kier alpha value is -1.24. The van der Waals surface area contributed by atoms with Gasteiger partial charge in [-0.25, -0.2) is 0 Å². The van der Waals surface area contributed by atoms with E-state index in [1.165, 1.54) is 0 Å². The van der Waals surface area contributed by atoms with E-state index in [2.05, 4.69) is 31.1 Å². The summed E-state index contributed by atoms with van der Waals surface area (Å²) in [6.07, 6.45) is 3.82. The van der Waals surface area contributed by atoms with Crippen molar-refractivity contribution < 1.29 is 0 Å². The first-order valence-electron chi connectivity index (χ1n) is 4.41. The fraction of sp³-hybridized carbons (Fsp3) is 0.778. The molecule has 13 heavy (non-hydrogen) atoms. The largest absolute Gasteiger partial charge is 0.369 e. The van der Waals surface area contributed by atoms with Crippen LogP contribution in [-0.4, -0.2) is 12.5 Å². The van der Waals surface area contributed by atoms with Gasteiger partial charge in [-0.3, -0.25) is 10.3 Å². The average molecular weight is 182 g/mol. The monoisotopic (exact) mass is 182 g/mol. The Kier molecular flexibility index (Phi) is 4.90. The van der Waals surface area contributed by atoms with Crippen molar-refractivity contribution in [1.29, 1.82) is 5.26 Å². The Morgan fingerprint density at radius 1 is 1.54 bits per heavy atom. The number of hydrogen-bond acceptors (Lipinski definition) is 2. The summed E-state index contributed by atoms with van der Waals surface area (Å²) in [5, 5.41) is 10.5. The van der Waals surface area contributed by atoms with Gasteiger partial charge in [0.15, 0.2) is 6.19 Å². The van der Waals surface area contributed by atoms with Crippen LogP contribution in [0.4, 0.5) is 0 Å². The van der Waals surface area contributed by atoms with E-state index in [9.17, 15) is 0 Å². The maximum absolute atomic E-state index is 8.20. The lowest BCUT2D eigenvalue weighted by atomic mass is 9.91. The molecule has 0 saturated heterocycles. The van der Waals surface area contributed by atoms with E-state index < -0.39 is 0 Å². The molecule has 3 N–H and O–H groups in total. The van der Waals surface area contributed by atoms with Gasteiger partial charge < -0.3 is 5.73 Å². The van der Waals surface area contributed by atoms with E-state index in [0.29, 0.717) is 12.0 Å². The Labute approximate surface area is 79.8 Å². The van der Waals surface area contributed by atoms with Gasteiger partial charge in [0.25, 0.3) is 0 Å². The average Bonchev–Trinajstić information content (AvgIpc) is 1.97. The van der Waals surface area contributed by atoms with Gasteiger partial charge in [0.2, 0.25) is 5.96 Å². The second kappa shape index (κ2) is 5.41. The molecular weight excluding hydrogens is 164 g/mol. The molecule has 0 aromatic rings. The lowest BCUT2D eigenvalue weighted by Gasteiger charge is -2.16. The Morgan fingerprint density at radius 3 is 2.62 bits per heavy atom. The number of nitrogens with one attached hydrogen (secondary N) is 1. The third-order valence-electron chi connectivity index (χ3n) is 1.55. The highest BCUT2D eigenvalue weighted by Crippen LogP contribution is 2.19. The summed E-state index contributed by atoms with van der Waals surface area (Å²) < 4.78 is 0. The number of guanidine groups is 1. The predicted molar refractivity (Wildman–Crippen MR) is 53.9 cm³/mol. The van der Waals surface area contributed by atoms with Crippen LogP contribution in [0.3, 0.4) is 0 Å². The molecule has 0 atom stereocenters. The molecule has 0 saturated carbocycles. The molecule has 0 heterocycles. The summed E-state index contributed by atoms with van der Waals surface area (Å²) in [4.78, 5) is 3.98. The van der Waals surface area contributed by atoms with Crippen molar-refractivity contribution in [3.63, 3.8) is 0 Å². The van der Waals surface area contributed by atoms with Crippen molar-refractivity contribution in [3.8, 4) is 6.19 Å². The zero-order valence-corrected chi connectivity index (χ0v) is 8.59. The van der Waals surface area contributed by atoms with E-state index in [0.717, 1.165) is 12.8 Å². The first kappa shape index (κ1) is 11.8. The van der Waals surface area contributed by atoms with E-state index in [1.54, 1.807) is 6.19 Å². The molecule has 0 bridgehead atoms. The van der Waals surface area contributed by atoms with Crippen LogP contribution < -0.4 is 11.1 Å². The van der Waals surface area contributed by atoms with Crippen LogP contribution in [0, 0.1) is 16.9 Å². The van der Waals surface area contributed by atoms with Crippen molar-refractivity contribution >= 4 is 5.96 Å². The number of nitrogens with zero attached hydrogens (tertiary/aromatic N) is 2. The minimum Gasteiger partial charge on any atom is -0.369 e. The molecule has 0 amide bonds. The minimum absolute atomic E-state index is 0.205. The molecular formula is C9H18N4. The number of nitriles is 1. The van der Waals surface area contributed by atoms with Gasteiger partial charge in [-0.2, -0.15) is 5.26 Å². The molecule has 0 rings (SSSR count). The number of rotatable bonds is 3. The van der Waals surface area contributed by atoms with Gasteiger partial charge in [-0.05, 0) is 18.3 Å². The second-order valence-corrected chi connectivity index (χ2v) is 4.17. The van der Waals surface area contributed by atoms with Crippen molar-refractivity contribution in [2.45, 2.75) is 33.6 Å². The van der Waals surface area contributed by atoms with Gasteiger partial charge in [0.1, 0.15) is 0 Å². The van der Waals surface area contributed by atoms with Crippen LogP contribution in [0.5, 0.6) is 0 Å². The molecule has 0 aliphatic rings. The van der Waals surface area contributed by atoms with Crippen LogP contribution in [0.2, 0.25) is 0 Å². The van der Waals surface area contributed by atoms with Crippen LogP contribution in [0.15, 0.2) is 4.99 Å². The molecule has 0 spiro atoms. The summed E-state index contributed by atoms with van der Waals surface area (Å²) >= 11 is 0. The maximum atomic E-state index is 8.20. The van der Waals surface area contributed by atoms with Crippen molar-refractivity contribution in [1.82, 2.24) is 5.32 Å². The van der Waals surface area contributed by atoms with Crippen molar-refractivity contribution in [2.75, 3.05) is 6.54 Å². The summed E-state index contributed by atoms with van der Waals surface area (Å²) in [5.74, 6) is 0.205. The molecule has 74 valence electrons. The normalized spacial score (nSPS) is 12.3. The summed E-state index contributed by atoms with van der Waals surface area (Å²) in [5.41, 5.74) is 5.69. The minimum atomic E-state index is 0.205. The summed E-state index contributed by atoms with van der Waals surface area (Å²) in [6.45, 7) is 7.24. The maximum Gasteiger partial charge on any atom is 0.202 e. The lowest BCUT2D eigenvalue weighted by molar-refractivity contribution is 0.368. The van der Waals surface area contributed by atoms with Crippen LogP contribution >= 0.6 is 0 Å². The third kappa shape index (κ3) is 8.67. The van der Waals surface area contributed by atoms with Gasteiger partial charge in [-0.15, -0.1) is 0 Å². The highest BCUT2D eigenvalue weighted by atomic mass is 15.1. The Morgan fingerprint density at radius 2 is 2.15 bits per heavy atom. The molecule has 0 aromatic carbocycles. The Balaban J connectivity index is 3.57. The standard InChI is InChI=1S/C9H18N4/c1-9(2,3)5-4-6-12-8(11)13-7-10/h4-6H2,1-3H3,(H3,11,12,13). The topological polar surface area (TPSA) is 74.2 Å². The molecule has 4 heteroatoms. The molecule has 4 nitrogen and oxygen atoms in total. The Bertz CT molecular complexity index is 207. The smallest absolute Gasteiger partial charge is 0.202 e. The SMILES string of the molecule is CC(C)(C)CCCN=C(N)NC#N. The number of nitrogens with two attached hydrogens (primary N) is 1. The zero-order valence-electron chi connectivity index (χ0n) is 8.59. The fourth-order valence-electron chi connectivity index (χ4n) is 0.906. The van der Waals surface area contributed by atoms with Gasteiger partial charge >= 0.3 is 0 Å². The lowest BCUT2D eigenvalue weighted by Crippen LogP contribution is -2.27. The molecule has 0 fully saturated rings. The highest BCUT2D eigenvalue weighted by Gasteiger charge is 2.08. The summed E-state index contributed by atoms with van der Waals surface area (Å²) in [6, 6.07) is 0. The summed E-state index contributed by atoms with van der Waals surface area (Å²) in [7, 11) is 0. The number of hydrogen-bond donors (Lipinski definition) is 2. The fourth-order valence-corrected chi connectivity index (χ4v) is 0.906. The van der Waals surface area contributed by atoms with Crippen LogP contribution in [-0.2, 0) is 0 Å². The van der Waals surface area contributed by atoms with E-state index >= 15 is 0 Å². The second-order valence-electron chi connectivity index (χ2n) is 4.17. The third-order valence-corrected chi connectivity index (χ3v) is 1.55. The number of aliphatic imine (C=N–C) groups is 1. The molecule has 0 unspecified atom stereocenters.